The summed E-state index contributed by atoms with van der Waals surface area (Å²) in [4.78, 5) is 24.2. The van der Waals surface area contributed by atoms with Gasteiger partial charge in [0.25, 0.3) is 0 Å². The van der Waals surface area contributed by atoms with Gasteiger partial charge < -0.3 is 9.47 Å². The van der Waals surface area contributed by atoms with Crippen LogP contribution in [0.1, 0.15) is 42.1 Å². The van der Waals surface area contributed by atoms with Crippen molar-refractivity contribution < 1.29 is 19.1 Å². The minimum Gasteiger partial charge on any atom is -0.422 e. The molecule has 2 rings (SSSR count). The molecule has 0 aliphatic rings. The molecule has 4 nitrogen and oxygen atoms in total. The zero-order chi connectivity index (χ0) is 17.9. The maximum absolute atomic E-state index is 12.1. The van der Waals surface area contributed by atoms with E-state index in [1.165, 1.54) is 6.08 Å². The van der Waals surface area contributed by atoms with Crippen LogP contribution in [0.3, 0.4) is 0 Å². The van der Waals surface area contributed by atoms with Crippen molar-refractivity contribution in [2.24, 2.45) is 0 Å². The smallest absolute Gasteiger partial charge is 0.341 e. The van der Waals surface area contributed by atoms with Crippen LogP contribution in [0.2, 0.25) is 0 Å². The van der Waals surface area contributed by atoms with Crippen LogP contribution in [0.4, 0.5) is 0 Å². The molecule has 0 N–H and O–H groups in total. The van der Waals surface area contributed by atoms with Crippen LogP contribution < -0.4 is 0 Å². The monoisotopic (exact) mass is 338 g/mol. The van der Waals surface area contributed by atoms with E-state index in [1.54, 1.807) is 30.3 Å². The van der Waals surface area contributed by atoms with Crippen molar-refractivity contribution in [2.75, 3.05) is 0 Å². The Balaban J connectivity index is 1.95. The molecule has 0 saturated heterocycles. The predicted molar refractivity (Wildman–Crippen MR) is 96.7 cm³/mol. The summed E-state index contributed by atoms with van der Waals surface area (Å²) in [6, 6.07) is 18.1. The molecule has 2 aromatic rings. The van der Waals surface area contributed by atoms with Gasteiger partial charge in [-0.15, -0.1) is 0 Å². The fourth-order valence-electron chi connectivity index (χ4n) is 2.17. The second kappa shape index (κ2) is 10.1. The zero-order valence-corrected chi connectivity index (χ0v) is 14.3. The molecule has 0 fully saturated rings. The van der Waals surface area contributed by atoms with Crippen LogP contribution >= 0.6 is 0 Å². The fraction of sp³-hybridized carbons (Fsp3) is 0.238. The summed E-state index contributed by atoms with van der Waals surface area (Å²) in [5.74, 6) is -1.03. The van der Waals surface area contributed by atoms with Gasteiger partial charge in [-0.3, -0.25) is 0 Å². The molecule has 0 aromatic heterocycles. The molecule has 0 saturated carbocycles. The summed E-state index contributed by atoms with van der Waals surface area (Å²) < 4.78 is 10.6. The first kappa shape index (κ1) is 18.5. The molecule has 0 aliphatic carbocycles. The Kier molecular flexibility index (Phi) is 7.44. The number of benzene rings is 2. The van der Waals surface area contributed by atoms with Crippen molar-refractivity contribution >= 4 is 18.0 Å². The molecule has 0 spiro atoms. The lowest BCUT2D eigenvalue weighted by atomic mass is 10.2. The number of esters is 2. The van der Waals surface area contributed by atoms with Gasteiger partial charge in [-0.25, -0.2) is 9.59 Å². The van der Waals surface area contributed by atoms with Crippen LogP contribution in [0.5, 0.6) is 0 Å². The molecule has 4 heteroatoms. The van der Waals surface area contributed by atoms with Crippen molar-refractivity contribution in [3.8, 4) is 0 Å². The third kappa shape index (κ3) is 6.63. The van der Waals surface area contributed by atoms with Gasteiger partial charge in [0.1, 0.15) is 0 Å². The Morgan fingerprint density at radius 3 is 2.24 bits per heavy atom. The van der Waals surface area contributed by atoms with Gasteiger partial charge in [0.15, 0.2) is 0 Å². The van der Waals surface area contributed by atoms with Crippen molar-refractivity contribution in [2.45, 2.75) is 32.5 Å². The van der Waals surface area contributed by atoms with Gasteiger partial charge in [-0.1, -0.05) is 61.9 Å². The largest absolute Gasteiger partial charge is 0.422 e. The third-order valence-electron chi connectivity index (χ3n) is 3.50. The lowest BCUT2D eigenvalue weighted by Gasteiger charge is -2.17. The number of carbonyl (C=O) groups excluding carboxylic acids is 2. The molecule has 0 radical (unpaired) electrons. The minimum absolute atomic E-state index is 0.430. The van der Waals surface area contributed by atoms with Crippen LogP contribution in [-0.2, 0) is 14.3 Å². The summed E-state index contributed by atoms with van der Waals surface area (Å²) in [6.45, 7) is 2.02. The van der Waals surface area contributed by atoms with E-state index in [0.717, 1.165) is 18.4 Å². The van der Waals surface area contributed by atoms with E-state index in [1.807, 2.05) is 43.3 Å². The summed E-state index contributed by atoms with van der Waals surface area (Å²) in [7, 11) is 0. The van der Waals surface area contributed by atoms with E-state index >= 15 is 0 Å². The average Bonchev–Trinajstić information content (AvgIpc) is 2.66. The number of rotatable bonds is 8. The highest BCUT2D eigenvalue weighted by Gasteiger charge is 2.18. The maximum atomic E-state index is 12.1. The SMILES string of the molecule is CCCCC(OC(=O)C=Cc1ccccc1)OC(=O)c1ccccc1. The number of carbonyl (C=O) groups is 2. The molecule has 1 atom stereocenters. The number of ether oxygens (including phenoxy) is 2. The fourth-order valence-corrected chi connectivity index (χ4v) is 2.17. The predicted octanol–water partition coefficient (Wildman–Crippen LogP) is 4.62. The van der Waals surface area contributed by atoms with Crippen molar-refractivity contribution in [1.82, 2.24) is 0 Å². The minimum atomic E-state index is -0.888. The Morgan fingerprint density at radius 1 is 0.960 bits per heavy atom. The van der Waals surface area contributed by atoms with Gasteiger partial charge in [0.05, 0.1) is 5.56 Å². The highest BCUT2D eigenvalue weighted by molar-refractivity contribution is 5.90. The average molecular weight is 338 g/mol. The number of hydrogen-bond acceptors (Lipinski definition) is 4. The molecule has 0 amide bonds. The lowest BCUT2D eigenvalue weighted by molar-refractivity contribution is -0.163. The van der Waals surface area contributed by atoms with Gasteiger partial charge >= 0.3 is 11.9 Å². The van der Waals surface area contributed by atoms with Crippen LogP contribution in [-0.4, -0.2) is 18.2 Å². The van der Waals surface area contributed by atoms with Gasteiger partial charge in [-0.2, -0.15) is 0 Å². The Morgan fingerprint density at radius 2 is 1.60 bits per heavy atom. The summed E-state index contributed by atoms with van der Waals surface area (Å²) in [5.41, 5.74) is 1.32. The topological polar surface area (TPSA) is 52.6 Å². The normalized spacial score (nSPS) is 11.9. The van der Waals surface area contributed by atoms with E-state index < -0.39 is 18.2 Å². The highest BCUT2D eigenvalue weighted by atomic mass is 16.7. The van der Waals surface area contributed by atoms with Crippen molar-refractivity contribution in [1.29, 1.82) is 0 Å². The quantitative estimate of drug-likeness (QED) is 0.400. The molecule has 1 unspecified atom stereocenters. The van der Waals surface area contributed by atoms with E-state index in [0.29, 0.717) is 12.0 Å². The number of unbranched alkanes of at least 4 members (excludes halogenated alkanes) is 1. The highest BCUT2D eigenvalue weighted by Crippen LogP contribution is 2.12. The first-order valence-corrected chi connectivity index (χ1v) is 8.39. The Labute approximate surface area is 148 Å². The van der Waals surface area contributed by atoms with Gasteiger partial charge in [-0.05, 0) is 30.2 Å². The molecule has 2 aromatic carbocycles. The second-order valence-electron chi connectivity index (χ2n) is 5.52. The molecule has 0 bridgehead atoms. The molecule has 130 valence electrons. The van der Waals surface area contributed by atoms with Crippen LogP contribution in [0, 0.1) is 0 Å². The number of hydrogen-bond donors (Lipinski definition) is 0. The molecule has 25 heavy (non-hydrogen) atoms. The standard InChI is InChI=1S/C21H22O4/c1-2-3-14-20(25-21(23)18-12-8-5-9-13-18)24-19(22)16-15-17-10-6-4-7-11-17/h4-13,15-16,20H,2-3,14H2,1H3. The summed E-state index contributed by atoms with van der Waals surface area (Å²) in [5, 5.41) is 0. The van der Waals surface area contributed by atoms with Crippen molar-refractivity contribution in [3.05, 3.63) is 77.9 Å². The first-order chi connectivity index (χ1) is 12.2. The lowest BCUT2D eigenvalue weighted by Crippen LogP contribution is -2.24. The Hall–Kier alpha value is -2.88. The molecule has 0 aliphatic heterocycles. The molecule has 0 heterocycles. The second-order valence-corrected chi connectivity index (χ2v) is 5.52. The molecular weight excluding hydrogens is 316 g/mol. The van der Waals surface area contributed by atoms with Crippen LogP contribution in [0.15, 0.2) is 66.7 Å². The first-order valence-electron chi connectivity index (χ1n) is 8.39. The molecular formula is C21H22O4. The van der Waals surface area contributed by atoms with Gasteiger partial charge in [0, 0.05) is 12.5 Å². The Bertz CT molecular complexity index is 692. The maximum Gasteiger partial charge on any atom is 0.341 e. The zero-order valence-electron chi connectivity index (χ0n) is 14.3. The van der Waals surface area contributed by atoms with Crippen molar-refractivity contribution in [3.63, 3.8) is 0 Å². The van der Waals surface area contributed by atoms with Gasteiger partial charge in [0.2, 0.25) is 6.29 Å². The summed E-state index contributed by atoms with van der Waals surface area (Å²) >= 11 is 0. The van der Waals surface area contributed by atoms with E-state index in [4.69, 9.17) is 9.47 Å². The third-order valence-corrected chi connectivity index (χ3v) is 3.50. The summed E-state index contributed by atoms with van der Waals surface area (Å²) in [6.07, 6.45) is 4.29. The van der Waals surface area contributed by atoms with E-state index in [9.17, 15) is 9.59 Å². The van der Waals surface area contributed by atoms with E-state index in [-0.39, 0.29) is 0 Å². The van der Waals surface area contributed by atoms with Crippen LogP contribution in [0.25, 0.3) is 6.08 Å². The van der Waals surface area contributed by atoms with E-state index in [2.05, 4.69) is 0 Å².